The van der Waals surface area contributed by atoms with Gasteiger partial charge in [-0.15, -0.1) is 0 Å². The number of para-hydroxylation sites is 1. The number of rotatable bonds is 9. The van der Waals surface area contributed by atoms with Crippen molar-refractivity contribution in [2.24, 2.45) is 0 Å². The quantitative estimate of drug-likeness (QED) is 0.718. The number of nitrogens with one attached hydrogen (secondary N) is 1. The molecule has 2 aromatic carbocycles. The molecule has 3 nitrogen and oxygen atoms in total. The first-order valence-corrected chi connectivity index (χ1v) is 7.34. The highest BCUT2D eigenvalue weighted by molar-refractivity contribution is 5.33. The lowest BCUT2D eigenvalue weighted by Gasteiger charge is -2.12. The van der Waals surface area contributed by atoms with E-state index >= 15 is 0 Å². The lowest BCUT2D eigenvalue weighted by atomic mass is 10.1. The van der Waals surface area contributed by atoms with Crippen molar-refractivity contribution in [2.75, 3.05) is 26.9 Å². The van der Waals surface area contributed by atoms with Gasteiger partial charge in [-0.3, -0.25) is 0 Å². The van der Waals surface area contributed by atoms with Gasteiger partial charge in [-0.1, -0.05) is 48.5 Å². The molecule has 3 heteroatoms. The summed E-state index contributed by atoms with van der Waals surface area (Å²) in [6.07, 6.45) is 0.923. The molecular formula is C18H23NO2. The molecule has 112 valence electrons. The van der Waals surface area contributed by atoms with E-state index in [-0.39, 0.29) is 0 Å². The van der Waals surface area contributed by atoms with Crippen LogP contribution in [-0.4, -0.2) is 26.9 Å². The maximum absolute atomic E-state index is 5.93. The molecule has 21 heavy (non-hydrogen) atoms. The first-order valence-electron chi connectivity index (χ1n) is 7.34. The van der Waals surface area contributed by atoms with Crippen LogP contribution < -0.4 is 10.1 Å². The van der Waals surface area contributed by atoms with Crippen LogP contribution in [0.5, 0.6) is 5.75 Å². The molecule has 0 heterocycles. The molecule has 0 saturated carbocycles. The Morgan fingerprint density at radius 1 is 0.905 bits per heavy atom. The molecule has 0 amide bonds. The normalized spacial score (nSPS) is 10.5. The largest absolute Gasteiger partial charge is 0.493 e. The van der Waals surface area contributed by atoms with Gasteiger partial charge in [-0.05, 0) is 11.6 Å². The summed E-state index contributed by atoms with van der Waals surface area (Å²) in [5, 5.41) is 3.35. The third-order valence-corrected chi connectivity index (χ3v) is 3.26. The monoisotopic (exact) mass is 285 g/mol. The van der Waals surface area contributed by atoms with Crippen molar-refractivity contribution >= 4 is 0 Å². The van der Waals surface area contributed by atoms with Crippen LogP contribution in [0.4, 0.5) is 0 Å². The third kappa shape index (κ3) is 5.58. The number of methoxy groups -OCH3 is 1. The van der Waals surface area contributed by atoms with E-state index in [9.17, 15) is 0 Å². The van der Waals surface area contributed by atoms with Crippen molar-refractivity contribution in [3.05, 3.63) is 65.7 Å². The summed E-state index contributed by atoms with van der Waals surface area (Å²) in [5.74, 6) is 0.957. The average Bonchev–Trinajstić information content (AvgIpc) is 2.54. The highest BCUT2D eigenvalue weighted by atomic mass is 16.5. The molecule has 0 saturated heterocycles. The minimum atomic E-state index is 0.694. The van der Waals surface area contributed by atoms with Gasteiger partial charge in [0.05, 0.1) is 13.2 Å². The van der Waals surface area contributed by atoms with Crippen LogP contribution >= 0.6 is 0 Å². The predicted octanol–water partition coefficient (Wildman–Crippen LogP) is 3.04. The molecule has 0 fully saturated rings. The highest BCUT2D eigenvalue weighted by Gasteiger charge is 2.02. The first kappa shape index (κ1) is 15.5. The van der Waals surface area contributed by atoms with Gasteiger partial charge in [0.15, 0.2) is 0 Å². The molecule has 2 rings (SSSR count). The topological polar surface area (TPSA) is 30.5 Å². The highest BCUT2D eigenvalue weighted by Crippen LogP contribution is 2.18. The summed E-state index contributed by atoms with van der Waals surface area (Å²) in [6, 6.07) is 18.6. The lowest BCUT2D eigenvalue weighted by molar-refractivity contribution is 0.199. The molecule has 0 aliphatic carbocycles. The fourth-order valence-electron chi connectivity index (χ4n) is 2.11. The second-order valence-corrected chi connectivity index (χ2v) is 4.86. The van der Waals surface area contributed by atoms with Gasteiger partial charge in [0.2, 0.25) is 0 Å². The van der Waals surface area contributed by atoms with Crippen LogP contribution in [0.2, 0.25) is 0 Å². The summed E-state index contributed by atoms with van der Waals surface area (Å²) in [4.78, 5) is 0. The average molecular weight is 285 g/mol. The molecule has 0 atom stereocenters. The van der Waals surface area contributed by atoms with E-state index in [0.29, 0.717) is 6.61 Å². The van der Waals surface area contributed by atoms with Crippen LogP contribution in [0, 0.1) is 0 Å². The summed E-state index contributed by atoms with van der Waals surface area (Å²) in [6.45, 7) is 3.05. The van der Waals surface area contributed by atoms with Gasteiger partial charge < -0.3 is 14.8 Å². The van der Waals surface area contributed by atoms with Crippen LogP contribution in [-0.2, 0) is 17.7 Å². The second kappa shape index (κ2) is 9.16. The van der Waals surface area contributed by atoms with Gasteiger partial charge in [-0.25, -0.2) is 0 Å². The van der Waals surface area contributed by atoms with E-state index in [0.717, 1.165) is 31.9 Å². The summed E-state index contributed by atoms with van der Waals surface area (Å²) >= 11 is 0. The Labute approximate surface area is 126 Å². The van der Waals surface area contributed by atoms with Crippen LogP contribution in [0.15, 0.2) is 54.6 Å². The van der Waals surface area contributed by atoms with Crippen LogP contribution in [0.1, 0.15) is 11.1 Å². The number of hydrogen-bond acceptors (Lipinski definition) is 3. The third-order valence-electron chi connectivity index (χ3n) is 3.26. The zero-order chi connectivity index (χ0) is 14.8. The van der Waals surface area contributed by atoms with E-state index in [1.54, 1.807) is 7.11 Å². The van der Waals surface area contributed by atoms with Gasteiger partial charge in [0.25, 0.3) is 0 Å². The van der Waals surface area contributed by atoms with Crippen molar-refractivity contribution in [2.45, 2.75) is 13.0 Å². The molecule has 1 N–H and O–H groups in total. The Balaban J connectivity index is 1.82. The van der Waals surface area contributed by atoms with Crippen LogP contribution in [0.3, 0.4) is 0 Å². The molecule has 0 aliphatic rings. The van der Waals surface area contributed by atoms with Gasteiger partial charge in [0, 0.05) is 32.2 Å². The summed E-state index contributed by atoms with van der Waals surface area (Å²) < 4.78 is 11.0. The molecule has 0 radical (unpaired) electrons. The molecule has 2 aromatic rings. The SMILES string of the molecule is COCCNCc1ccccc1OCCc1ccccc1. The van der Waals surface area contributed by atoms with E-state index in [2.05, 4.69) is 35.6 Å². The summed E-state index contributed by atoms with van der Waals surface area (Å²) in [5.41, 5.74) is 2.48. The number of benzene rings is 2. The minimum absolute atomic E-state index is 0.694. The lowest BCUT2D eigenvalue weighted by Crippen LogP contribution is -2.19. The summed E-state index contributed by atoms with van der Waals surface area (Å²) in [7, 11) is 1.71. The zero-order valence-corrected chi connectivity index (χ0v) is 12.5. The smallest absolute Gasteiger partial charge is 0.123 e. The predicted molar refractivity (Wildman–Crippen MR) is 85.7 cm³/mol. The fourth-order valence-corrected chi connectivity index (χ4v) is 2.11. The Kier molecular flexibility index (Phi) is 6.78. The Bertz CT molecular complexity index is 514. The van der Waals surface area contributed by atoms with Crippen molar-refractivity contribution < 1.29 is 9.47 Å². The molecular weight excluding hydrogens is 262 g/mol. The van der Waals surface area contributed by atoms with Crippen molar-refractivity contribution in [1.29, 1.82) is 0 Å². The maximum Gasteiger partial charge on any atom is 0.123 e. The Morgan fingerprint density at radius 2 is 1.67 bits per heavy atom. The van der Waals surface area contributed by atoms with Crippen LogP contribution in [0.25, 0.3) is 0 Å². The molecule has 0 aliphatic heterocycles. The van der Waals surface area contributed by atoms with Crippen molar-refractivity contribution in [1.82, 2.24) is 5.32 Å². The number of hydrogen-bond donors (Lipinski definition) is 1. The van der Waals surface area contributed by atoms with E-state index in [1.807, 2.05) is 24.3 Å². The van der Waals surface area contributed by atoms with Gasteiger partial charge >= 0.3 is 0 Å². The first-order chi connectivity index (χ1) is 10.4. The molecule has 0 aromatic heterocycles. The van der Waals surface area contributed by atoms with Gasteiger partial charge in [0.1, 0.15) is 5.75 Å². The maximum atomic E-state index is 5.93. The second-order valence-electron chi connectivity index (χ2n) is 4.86. The molecule has 0 unspecified atom stereocenters. The Hall–Kier alpha value is -1.84. The van der Waals surface area contributed by atoms with Gasteiger partial charge in [-0.2, -0.15) is 0 Å². The van der Waals surface area contributed by atoms with Crippen molar-refractivity contribution in [3.63, 3.8) is 0 Å². The molecule has 0 bridgehead atoms. The Morgan fingerprint density at radius 3 is 2.48 bits per heavy atom. The standard InChI is InChI=1S/C18H23NO2/c1-20-14-12-19-15-17-9-5-6-10-18(17)21-13-11-16-7-3-2-4-8-16/h2-10,19H,11-15H2,1H3. The fraction of sp³-hybridized carbons (Fsp3) is 0.333. The van der Waals surface area contributed by atoms with E-state index < -0.39 is 0 Å². The minimum Gasteiger partial charge on any atom is -0.493 e. The van der Waals surface area contributed by atoms with Crippen molar-refractivity contribution in [3.8, 4) is 5.75 Å². The molecule has 0 spiro atoms. The van der Waals surface area contributed by atoms with E-state index in [4.69, 9.17) is 9.47 Å². The zero-order valence-electron chi connectivity index (χ0n) is 12.5. The van der Waals surface area contributed by atoms with E-state index in [1.165, 1.54) is 11.1 Å². The number of ether oxygens (including phenoxy) is 2.